The molecule has 5 aliphatic rings. The third-order valence-corrected chi connectivity index (χ3v) is 15.0. The highest BCUT2D eigenvalue weighted by molar-refractivity contribution is 7.25. The summed E-state index contributed by atoms with van der Waals surface area (Å²) < 4.78 is 7.65. The van der Waals surface area contributed by atoms with Gasteiger partial charge >= 0.3 is 0 Å². The predicted octanol–water partition coefficient (Wildman–Crippen LogP) is 13.5. The highest BCUT2D eigenvalue weighted by Crippen LogP contribution is 2.70. The van der Waals surface area contributed by atoms with E-state index in [1.807, 2.05) is 0 Å². The minimum Gasteiger partial charge on any atom is -0.456 e. The van der Waals surface area contributed by atoms with Crippen LogP contribution in [0.1, 0.15) is 43.2 Å². The molecule has 0 amide bonds. The Labute approximate surface area is 317 Å². The van der Waals surface area contributed by atoms with Crippen molar-refractivity contribution in [2.75, 3.05) is 0 Å². The van der Waals surface area contributed by atoms with E-state index in [0.29, 0.717) is 11.8 Å². The van der Waals surface area contributed by atoms with Gasteiger partial charge in [-0.25, -0.2) is 9.97 Å². The molecular formula is C50H36N2OS. The largest absolute Gasteiger partial charge is 0.456 e. The van der Waals surface area contributed by atoms with Crippen LogP contribution in [0.5, 0.6) is 0 Å². The fourth-order valence-electron chi connectivity index (χ4n) is 12.1. The summed E-state index contributed by atoms with van der Waals surface area (Å²) in [7, 11) is 0. The van der Waals surface area contributed by atoms with Gasteiger partial charge in [0.15, 0.2) is 5.82 Å². The van der Waals surface area contributed by atoms with E-state index in [-0.39, 0.29) is 5.41 Å². The molecule has 4 saturated carbocycles. The molecular weight excluding hydrogens is 677 g/mol. The summed E-state index contributed by atoms with van der Waals surface area (Å²) in [4.78, 5) is 12.2. The maximum absolute atomic E-state index is 6.39. The lowest BCUT2D eigenvalue weighted by atomic mass is 9.42. The topological polar surface area (TPSA) is 38.9 Å². The van der Waals surface area contributed by atoms with Gasteiger partial charge in [0, 0.05) is 42.8 Å². The van der Waals surface area contributed by atoms with Crippen molar-refractivity contribution in [3.05, 3.63) is 145 Å². The van der Waals surface area contributed by atoms with Crippen LogP contribution in [0.25, 0.3) is 87.1 Å². The van der Waals surface area contributed by atoms with Crippen LogP contribution in [0.3, 0.4) is 0 Å². The van der Waals surface area contributed by atoms with E-state index in [9.17, 15) is 0 Å². The lowest BCUT2D eigenvalue weighted by molar-refractivity contribution is -0.0397. The Bertz CT molecular complexity index is 3000. The third-order valence-electron chi connectivity index (χ3n) is 13.9. The molecule has 6 aromatic carbocycles. The molecule has 4 bridgehead atoms. The van der Waals surface area contributed by atoms with Crippen molar-refractivity contribution in [3.8, 4) is 44.9 Å². The molecule has 5 aliphatic carbocycles. The summed E-state index contributed by atoms with van der Waals surface area (Å²) in [5.74, 6) is 3.80. The second-order valence-electron chi connectivity index (χ2n) is 16.5. The number of para-hydroxylation sites is 1. The molecule has 1 spiro atoms. The summed E-state index contributed by atoms with van der Waals surface area (Å²) in [5, 5.41) is 4.75. The van der Waals surface area contributed by atoms with Gasteiger partial charge in [0.1, 0.15) is 16.0 Å². The lowest BCUT2D eigenvalue weighted by Gasteiger charge is -2.61. The first-order valence-corrected chi connectivity index (χ1v) is 20.5. The van der Waals surface area contributed by atoms with Gasteiger partial charge in [-0.05, 0) is 119 Å². The van der Waals surface area contributed by atoms with Gasteiger partial charge < -0.3 is 4.42 Å². The monoisotopic (exact) mass is 712 g/mol. The molecule has 0 saturated heterocycles. The molecule has 54 heavy (non-hydrogen) atoms. The number of hydrogen-bond donors (Lipinski definition) is 0. The molecule has 4 fully saturated rings. The number of benzene rings is 6. The van der Waals surface area contributed by atoms with Crippen molar-refractivity contribution in [1.82, 2.24) is 9.97 Å². The fraction of sp³-hybridized carbons (Fsp3) is 0.200. The van der Waals surface area contributed by atoms with Crippen LogP contribution >= 0.6 is 11.3 Å². The molecule has 3 aromatic heterocycles. The average molecular weight is 713 g/mol. The molecule has 14 rings (SSSR count). The molecule has 0 N–H and O–H groups in total. The van der Waals surface area contributed by atoms with Gasteiger partial charge in [0.2, 0.25) is 0 Å². The molecule has 9 aromatic rings. The van der Waals surface area contributed by atoms with Crippen molar-refractivity contribution < 1.29 is 4.42 Å². The van der Waals surface area contributed by atoms with Crippen molar-refractivity contribution in [2.45, 2.75) is 37.5 Å². The fourth-order valence-corrected chi connectivity index (χ4v) is 13.1. The highest BCUT2D eigenvalue weighted by atomic mass is 32.1. The zero-order valence-electron chi connectivity index (χ0n) is 29.8. The predicted molar refractivity (Wildman–Crippen MR) is 222 cm³/mol. The average Bonchev–Trinajstić information content (AvgIpc) is 3.87. The number of aromatic nitrogens is 2. The van der Waals surface area contributed by atoms with Crippen LogP contribution in [-0.2, 0) is 5.41 Å². The molecule has 4 heteroatoms. The number of thiophene rings is 1. The Morgan fingerprint density at radius 1 is 0.537 bits per heavy atom. The normalized spacial score (nSPS) is 23.6. The van der Waals surface area contributed by atoms with Crippen LogP contribution in [0.4, 0.5) is 0 Å². The lowest BCUT2D eigenvalue weighted by Crippen LogP contribution is -2.55. The van der Waals surface area contributed by atoms with E-state index in [1.54, 1.807) is 11.3 Å². The number of nitrogens with zero attached hydrogens (tertiary/aromatic N) is 2. The number of furan rings is 1. The van der Waals surface area contributed by atoms with Crippen LogP contribution in [-0.4, -0.2) is 9.97 Å². The standard InChI is InChI=1S/C50H36N2OS/c1-2-9-30(10-3-1)47-45-39-12-5-7-16-44(39)54-49(45)52-48(51-47)40-14-8-13-38-35-19-17-31(32-18-20-37-36-11-4-6-15-42(36)53-43(37)27-32)26-41(35)50(46(38)40)33-22-28-21-29(24-33)25-34(50)23-28/h1-20,26-29,33-34H,21-25H2. The SMILES string of the molecule is c1ccc(-c2nc(-c3cccc4c3C3(c5cc(-c6ccc7c(c6)oc6ccccc67)ccc5-4)C4CC5CC(C4)CC3C5)nc3sc4ccccc4c23)cc1. The highest BCUT2D eigenvalue weighted by Gasteiger charge is 2.62. The maximum Gasteiger partial charge on any atom is 0.161 e. The quantitative estimate of drug-likeness (QED) is 0.183. The molecule has 0 unspecified atom stereocenters. The Kier molecular flexibility index (Phi) is 5.95. The molecule has 0 radical (unpaired) electrons. The van der Waals surface area contributed by atoms with Crippen LogP contribution < -0.4 is 0 Å². The van der Waals surface area contributed by atoms with Crippen LogP contribution in [0.15, 0.2) is 138 Å². The zero-order chi connectivity index (χ0) is 35.1. The minimum atomic E-state index is -0.0560. The molecule has 258 valence electrons. The van der Waals surface area contributed by atoms with Gasteiger partial charge in [0.05, 0.1) is 5.69 Å². The van der Waals surface area contributed by atoms with E-state index in [4.69, 9.17) is 14.4 Å². The molecule has 3 nitrogen and oxygen atoms in total. The van der Waals surface area contributed by atoms with Gasteiger partial charge in [-0.1, -0.05) is 103 Å². The minimum absolute atomic E-state index is 0.0560. The first kappa shape index (κ1) is 29.8. The van der Waals surface area contributed by atoms with Gasteiger partial charge in [-0.2, -0.15) is 0 Å². The Balaban J connectivity index is 1.05. The molecule has 0 atom stereocenters. The Morgan fingerprint density at radius 2 is 1.24 bits per heavy atom. The second-order valence-corrected chi connectivity index (χ2v) is 17.5. The van der Waals surface area contributed by atoms with E-state index in [2.05, 4.69) is 133 Å². The summed E-state index contributed by atoms with van der Waals surface area (Å²) in [5.41, 5.74) is 13.5. The van der Waals surface area contributed by atoms with Gasteiger partial charge in [-0.15, -0.1) is 11.3 Å². The number of hydrogen-bond acceptors (Lipinski definition) is 4. The maximum atomic E-state index is 6.39. The molecule has 0 aliphatic heterocycles. The Morgan fingerprint density at radius 3 is 2.09 bits per heavy atom. The number of fused-ring (bicyclic) bond motifs is 9. The summed E-state index contributed by atoms with van der Waals surface area (Å²) >= 11 is 1.79. The van der Waals surface area contributed by atoms with Crippen molar-refractivity contribution >= 4 is 53.6 Å². The van der Waals surface area contributed by atoms with E-state index >= 15 is 0 Å². The van der Waals surface area contributed by atoms with E-state index in [1.165, 1.54) is 91.9 Å². The van der Waals surface area contributed by atoms with E-state index < -0.39 is 0 Å². The summed E-state index contributed by atoms with van der Waals surface area (Å²) in [6.07, 6.45) is 6.71. The smallest absolute Gasteiger partial charge is 0.161 e. The number of rotatable bonds is 3. The Hall–Kier alpha value is -5.58. The van der Waals surface area contributed by atoms with Gasteiger partial charge in [-0.3, -0.25) is 0 Å². The second kappa shape index (κ2) is 10.8. The van der Waals surface area contributed by atoms with Crippen molar-refractivity contribution in [3.63, 3.8) is 0 Å². The first-order chi connectivity index (χ1) is 26.7. The first-order valence-electron chi connectivity index (χ1n) is 19.7. The van der Waals surface area contributed by atoms with Crippen molar-refractivity contribution in [2.24, 2.45) is 23.7 Å². The van der Waals surface area contributed by atoms with Crippen LogP contribution in [0.2, 0.25) is 0 Å². The van der Waals surface area contributed by atoms with Gasteiger partial charge in [0.25, 0.3) is 0 Å². The van der Waals surface area contributed by atoms with Crippen LogP contribution in [0, 0.1) is 23.7 Å². The molecule has 3 heterocycles. The summed E-state index contributed by atoms with van der Waals surface area (Å²) in [6, 6.07) is 49.0. The van der Waals surface area contributed by atoms with Crippen molar-refractivity contribution in [1.29, 1.82) is 0 Å². The zero-order valence-corrected chi connectivity index (χ0v) is 30.6. The third kappa shape index (κ3) is 3.91. The summed E-state index contributed by atoms with van der Waals surface area (Å²) in [6.45, 7) is 0. The van der Waals surface area contributed by atoms with E-state index in [0.717, 1.165) is 50.3 Å².